The van der Waals surface area contributed by atoms with E-state index in [1.54, 1.807) is 0 Å². The molecule has 2 aliphatic heterocycles. The van der Waals surface area contributed by atoms with Crippen molar-refractivity contribution >= 4 is 94.8 Å². The Kier molecular flexibility index (Phi) is 6.72. The number of furan rings is 2. The van der Waals surface area contributed by atoms with Crippen LogP contribution in [0.25, 0.3) is 93.6 Å². The molecule has 5 heterocycles. The van der Waals surface area contributed by atoms with Crippen LogP contribution in [0.3, 0.4) is 0 Å². The van der Waals surface area contributed by atoms with Crippen molar-refractivity contribution in [2.75, 3.05) is 4.81 Å². The molecule has 0 fully saturated rings. The van der Waals surface area contributed by atoms with E-state index in [0.717, 1.165) is 55.3 Å². The van der Waals surface area contributed by atoms with Gasteiger partial charge in [0.15, 0.2) is 0 Å². The molecular formula is C59H47BN2O2. The molecule has 3 aliphatic rings. The van der Waals surface area contributed by atoms with Crippen molar-refractivity contribution in [3.8, 4) is 27.9 Å². The Morgan fingerprint density at radius 1 is 0.516 bits per heavy atom. The number of aromatic nitrogens is 1. The molecule has 1 aliphatic carbocycles. The zero-order valence-corrected chi connectivity index (χ0v) is 37.6. The van der Waals surface area contributed by atoms with Crippen LogP contribution in [0.2, 0.25) is 0 Å². The summed E-state index contributed by atoms with van der Waals surface area (Å²) in [6.45, 7) is 18.6. The zero-order valence-electron chi connectivity index (χ0n) is 37.6. The molecule has 0 radical (unpaired) electrons. The number of hydrogen-bond donors (Lipinski definition) is 0. The highest BCUT2D eigenvalue weighted by Gasteiger charge is 2.50. The number of benzene rings is 8. The molecule has 14 rings (SSSR count). The number of anilines is 2. The second kappa shape index (κ2) is 11.8. The number of nitrogens with zero attached hydrogens (tertiary/aromatic N) is 2. The molecule has 3 aromatic heterocycles. The lowest BCUT2D eigenvalue weighted by atomic mass is 9.43. The number of fused-ring (bicyclic) bond motifs is 19. The topological polar surface area (TPSA) is 34.5 Å². The van der Waals surface area contributed by atoms with Gasteiger partial charge in [-0.1, -0.05) is 134 Å². The minimum atomic E-state index is -0.273. The molecule has 0 N–H and O–H groups in total. The van der Waals surface area contributed by atoms with Crippen molar-refractivity contribution in [3.63, 3.8) is 0 Å². The lowest BCUT2D eigenvalue weighted by Crippen LogP contribution is -2.60. The van der Waals surface area contributed by atoms with Gasteiger partial charge in [-0.2, -0.15) is 0 Å². The molecule has 0 spiro atoms. The first-order chi connectivity index (χ1) is 30.8. The smallest absolute Gasteiger partial charge is 0.333 e. The summed E-state index contributed by atoms with van der Waals surface area (Å²) in [6, 6.07) is 52.5. The van der Waals surface area contributed by atoms with Gasteiger partial charge in [0.05, 0.1) is 11.0 Å². The lowest BCUT2D eigenvalue weighted by molar-refractivity contribution is 0.590. The van der Waals surface area contributed by atoms with Gasteiger partial charge in [-0.25, -0.2) is 0 Å². The average Bonchev–Trinajstić information content (AvgIpc) is 4.00. The van der Waals surface area contributed by atoms with Crippen LogP contribution in [0.1, 0.15) is 77.6 Å². The van der Waals surface area contributed by atoms with Gasteiger partial charge < -0.3 is 18.2 Å². The van der Waals surface area contributed by atoms with Gasteiger partial charge in [-0.3, -0.25) is 0 Å². The van der Waals surface area contributed by atoms with Gasteiger partial charge >= 0.3 is 6.85 Å². The quantitative estimate of drug-likeness (QED) is 0.155. The Morgan fingerprint density at radius 2 is 1.14 bits per heavy atom. The second-order valence-electron chi connectivity index (χ2n) is 21.3. The van der Waals surface area contributed by atoms with Crippen LogP contribution in [0, 0.1) is 0 Å². The Bertz CT molecular complexity index is 3900. The minimum absolute atomic E-state index is 0.00939. The van der Waals surface area contributed by atoms with Gasteiger partial charge in [0.2, 0.25) is 0 Å². The number of para-hydroxylation sites is 2. The lowest BCUT2D eigenvalue weighted by Gasteiger charge is -2.43. The molecule has 0 amide bonds. The zero-order chi connectivity index (χ0) is 43.3. The standard InChI is InChI=1S/C59H47BN2O2/c1-57(2,3)32-21-24-34(25-22-32)62-45-31-50-38(35-15-10-13-19-47(35)64-50)28-41(45)52-51-37-17-9-12-18-42(37)59(7,8)54(51)53-40-27-33(58(4,5)6)23-26-44(40)61-46-29-39-36-16-11-14-20-48(36)63-49(39)30-43(46)60(62)55(52)56(53)61/h9-31H,1-8H3. The summed E-state index contributed by atoms with van der Waals surface area (Å²) in [6.07, 6.45) is 0. The average molecular weight is 827 g/mol. The Labute approximate surface area is 372 Å². The maximum absolute atomic E-state index is 6.80. The van der Waals surface area contributed by atoms with Crippen LogP contribution in [-0.2, 0) is 16.2 Å². The second-order valence-corrected chi connectivity index (χ2v) is 21.3. The third kappa shape index (κ3) is 4.49. The van der Waals surface area contributed by atoms with Crippen molar-refractivity contribution in [3.05, 3.63) is 162 Å². The van der Waals surface area contributed by atoms with E-state index in [1.165, 1.54) is 82.9 Å². The summed E-state index contributed by atoms with van der Waals surface area (Å²) in [4.78, 5) is 2.63. The maximum atomic E-state index is 6.80. The van der Waals surface area contributed by atoms with Crippen LogP contribution in [-0.4, -0.2) is 11.4 Å². The highest BCUT2D eigenvalue weighted by molar-refractivity contribution is 6.94. The molecule has 0 saturated carbocycles. The molecule has 0 unspecified atom stereocenters. The summed E-state index contributed by atoms with van der Waals surface area (Å²) in [5, 5.41) is 7.22. The maximum Gasteiger partial charge on any atom is 0.333 e. The number of rotatable bonds is 1. The molecule has 11 aromatic rings. The fourth-order valence-electron chi connectivity index (χ4n) is 12.2. The van der Waals surface area contributed by atoms with Crippen LogP contribution in [0.4, 0.5) is 11.4 Å². The fourth-order valence-corrected chi connectivity index (χ4v) is 12.2. The van der Waals surface area contributed by atoms with Gasteiger partial charge in [-0.15, -0.1) is 0 Å². The first-order valence-electron chi connectivity index (χ1n) is 22.9. The predicted octanol–water partition coefficient (Wildman–Crippen LogP) is 14.7. The summed E-state index contributed by atoms with van der Waals surface area (Å²) in [5.41, 5.74) is 22.6. The van der Waals surface area contributed by atoms with E-state index >= 15 is 0 Å². The van der Waals surface area contributed by atoms with Gasteiger partial charge in [0.25, 0.3) is 0 Å². The van der Waals surface area contributed by atoms with E-state index in [0.29, 0.717) is 0 Å². The molecule has 64 heavy (non-hydrogen) atoms. The molecule has 308 valence electrons. The first-order valence-corrected chi connectivity index (χ1v) is 22.9. The SMILES string of the molecule is CC(C)(C)c1ccc(N2B3c4cc5oc6ccccc6c5cc4-n4c5ccc(C(C)(C)C)cc5c5c6c(c(c3c54)-c3cc4c(cc32)oc2ccccc24)-c2ccccc2C6(C)C)cc1. The third-order valence-corrected chi connectivity index (χ3v) is 15.2. The van der Waals surface area contributed by atoms with Crippen molar-refractivity contribution in [1.82, 2.24) is 4.57 Å². The van der Waals surface area contributed by atoms with E-state index < -0.39 is 0 Å². The summed E-state index contributed by atoms with van der Waals surface area (Å²) in [7, 11) is 0. The normalized spacial score (nSPS) is 14.9. The molecule has 0 atom stereocenters. The van der Waals surface area contributed by atoms with Crippen LogP contribution >= 0.6 is 0 Å². The molecule has 0 bridgehead atoms. The number of hydrogen-bond acceptors (Lipinski definition) is 3. The van der Waals surface area contributed by atoms with Gasteiger partial charge in [-0.05, 0) is 115 Å². The van der Waals surface area contributed by atoms with E-state index in [2.05, 4.69) is 204 Å². The predicted molar refractivity (Wildman–Crippen MR) is 269 cm³/mol. The van der Waals surface area contributed by atoms with E-state index in [9.17, 15) is 0 Å². The molecule has 5 heteroatoms. The first kappa shape index (κ1) is 36.5. The molecule has 8 aromatic carbocycles. The van der Waals surface area contributed by atoms with Crippen molar-refractivity contribution in [1.29, 1.82) is 0 Å². The third-order valence-electron chi connectivity index (χ3n) is 15.2. The van der Waals surface area contributed by atoms with E-state index in [4.69, 9.17) is 8.83 Å². The molecule has 4 nitrogen and oxygen atoms in total. The minimum Gasteiger partial charge on any atom is -0.456 e. The van der Waals surface area contributed by atoms with E-state index in [-0.39, 0.29) is 23.1 Å². The summed E-state index contributed by atoms with van der Waals surface area (Å²) in [5.74, 6) is 0. The van der Waals surface area contributed by atoms with Crippen molar-refractivity contribution < 1.29 is 8.83 Å². The van der Waals surface area contributed by atoms with Crippen LogP contribution in [0.5, 0.6) is 0 Å². The molecular weight excluding hydrogens is 779 g/mol. The molecule has 0 saturated heterocycles. The Morgan fingerprint density at radius 3 is 1.84 bits per heavy atom. The van der Waals surface area contributed by atoms with E-state index in [1.807, 2.05) is 0 Å². The van der Waals surface area contributed by atoms with Crippen molar-refractivity contribution in [2.45, 2.75) is 71.6 Å². The van der Waals surface area contributed by atoms with Gasteiger partial charge in [0.1, 0.15) is 22.3 Å². The van der Waals surface area contributed by atoms with Crippen LogP contribution in [0.15, 0.2) is 148 Å². The highest BCUT2D eigenvalue weighted by Crippen LogP contribution is 2.59. The van der Waals surface area contributed by atoms with Gasteiger partial charge in [0, 0.05) is 66.4 Å². The highest BCUT2D eigenvalue weighted by atomic mass is 16.3. The monoisotopic (exact) mass is 826 g/mol. The Hall–Kier alpha value is -6.98. The summed E-state index contributed by atoms with van der Waals surface area (Å²) < 4.78 is 16.2. The Balaban J connectivity index is 1.24. The largest absolute Gasteiger partial charge is 0.456 e. The summed E-state index contributed by atoms with van der Waals surface area (Å²) >= 11 is 0. The van der Waals surface area contributed by atoms with Crippen molar-refractivity contribution in [2.24, 2.45) is 0 Å². The van der Waals surface area contributed by atoms with Crippen LogP contribution < -0.4 is 15.7 Å². The fraction of sp³-hybridized carbons (Fsp3) is 0.186.